The molecule has 0 atom stereocenters. The second kappa shape index (κ2) is 5.76. The summed E-state index contributed by atoms with van der Waals surface area (Å²) < 4.78 is 7.31. The zero-order chi connectivity index (χ0) is 15.6. The lowest BCUT2D eigenvalue weighted by atomic mass is 9.92. The van der Waals surface area contributed by atoms with Gasteiger partial charge in [-0.1, -0.05) is 20.8 Å². The quantitative estimate of drug-likeness (QED) is 0.939. The lowest BCUT2D eigenvalue weighted by Crippen LogP contribution is -2.19. The van der Waals surface area contributed by atoms with Crippen LogP contribution in [-0.4, -0.2) is 22.3 Å². The second-order valence-corrected chi connectivity index (χ2v) is 6.38. The van der Waals surface area contributed by atoms with Gasteiger partial charge in [0.05, 0.1) is 17.5 Å². The van der Waals surface area contributed by atoms with Gasteiger partial charge in [-0.05, 0) is 30.5 Å². The lowest BCUT2D eigenvalue weighted by Gasteiger charge is -2.17. The number of fused-ring (bicyclic) bond motifs is 1. The van der Waals surface area contributed by atoms with Crippen molar-refractivity contribution in [2.75, 3.05) is 11.9 Å². The van der Waals surface area contributed by atoms with Crippen LogP contribution >= 0.6 is 0 Å². The molecule has 0 spiro atoms. The van der Waals surface area contributed by atoms with Crippen LogP contribution in [0.1, 0.15) is 34.1 Å². The van der Waals surface area contributed by atoms with Crippen LogP contribution in [0.3, 0.4) is 0 Å². The van der Waals surface area contributed by atoms with Crippen LogP contribution in [0.4, 0.5) is 5.69 Å². The van der Waals surface area contributed by atoms with Crippen molar-refractivity contribution in [3.8, 4) is 5.88 Å². The fourth-order valence-electron chi connectivity index (χ4n) is 2.24. The summed E-state index contributed by atoms with van der Waals surface area (Å²) in [6.07, 6.45) is 0.483. The normalized spacial score (nSPS) is 11.7. The molecule has 0 saturated carbocycles. The van der Waals surface area contributed by atoms with E-state index in [4.69, 9.17) is 4.74 Å². The Kier molecular flexibility index (Phi) is 4.21. The Hall–Kier alpha value is -2.04. The summed E-state index contributed by atoms with van der Waals surface area (Å²) in [6.45, 7) is 8.63. The van der Waals surface area contributed by atoms with Gasteiger partial charge in [0, 0.05) is 19.2 Å². The zero-order valence-electron chi connectivity index (χ0n) is 13.4. The predicted octanol–water partition coefficient (Wildman–Crippen LogP) is 3.35. The van der Waals surface area contributed by atoms with Crippen molar-refractivity contribution in [3.63, 3.8) is 0 Å². The minimum absolute atomic E-state index is 0.0173. The summed E-state index contributed by atoms with van der Waals surface area (Å²) in [5.41, 5.74) is 1.72. The van der Waals surface area contributed by atoms with Crippen molar-refractivity contribution >= 4 is 22.5 Å². The smallest absolute Gasteiger partial charge is 0.240 e. The Balaban J connectivity index is 2.26. The molecule has 1 aromatic carbocycles. The van der Waals surface area contributed by atoms with Crippen LogP contribution in [-0.2, 0) is 11.8 Å². The van der Waals surface area contributed by atoms with Gasteiger partial charge < -0.3 is 10.1 Å². The molecule has 1 aromatic heterocycles. The van der Waals surface area contributed by atoms with Gasteiger partial charge in [0.1, 0.15) is 0 Å². The number of carbonyl (C=O) groups is 1. The number of hydrogen-bond acceptors (Lipinski definition) is 3. The lowest BCUT2D eigenvalue weighted by molar-refractivity contribution is -0.117. The van der Waals surface area contributed by atoms with Gasteiger partial charge in [-0.15, -0.1) is 5.10 Å². The molecule has 0 radical (unpaired) electrons. The summed E-state index contributed by atoms with van der Waals surface area (Å²) >= 11 is 0. The van der Waals surface area contributed by atoms with Crippen molar-refractivity contribution in [2.45, 2.75) is 34.1 Å². The number of aryl methyl sites for hydroxylation is 1. The Morgan fingerprint density at radius 1 is 1.38 bits per heavy atom. The number of aromatic nitrogens is 2. The number of hydrogen-bond donors (Lipinski definition) is 1. The molecule has 0 aliphatic heterocycles. The Bertz CT molecular complexity index is 653. The minimum Gasteiger partial charge on any atom is -0.476 e. The fraction of sp³-hybridized carbons (Fsp3) is 0.500. The third-order valence-corrected chi connectivity index (χ3v) is 3.07. The molecule has 0 fully saturated rings. The first-order chi connectivity index (χ1) is 9.80. The number of anilines is 1. The molecule has 0 bridgehead atoms. The standard InChI is InChI=1S/C16H23N3O2/c1-6-21-15-12-9-11(7-8-13(12)19(5)18-15)17-14(20)10-16(2,3)4/h7-9H,6,10H2,1-5H3,(H,17,20). The molecule has 1 N–H and O–H groups in total. The molecule has 2 rings (SSSR count). The van der Waals surface area contributed by atoms with Crippen LogP contribution in [0.2, 0.25) is 0 Å². The maximum absolute atomic E-state index is 12.0. The number of ether oxygens (including phenoxy) is 1. The molecule has 0 saturated heterocycles. The third kappa shape index (κ3) is 3.74. The summed E-state index contributed by atoms with van der Waals surface area (Å²) in [4.78, 5) is 12.0. The van der Waals surface area contributed by atoms with Crippen molar-refractivity contribution in [3.05, 3.63) is 18.2 Å². The van der Waals surface area contributed by atoms with Crippen LogP contribution in [0, 0.1) is 5.41 Å². The molecule has 2 aromatic rings. The van der Waals surface area contributed by atoms with E-state index in [9.17, 15) is 4.79 Å². The molecule has 21 heavy (non-hydrogen) atoms. The number of rotatable bonds is 4. The van der Waals surface area contributed by atoms with Crippen molar-refractivity contribution in [1.29, 1.82) is 0 Å². The van der Waals surface area contributed by atoms with E-state index in [1.54, 1.807) is 4.68 Å². The van der Waals surface area contributed by atoms with E-state index in [-0.39, 0.29) is 11.3 Å². The van der Waals surface area contributed by atoms with Crippen molar-refractivity contribution in [1.82, 2.24) is 9.78 Å². The van der Waals surface area contributed by atoms with Gasteiger partial charge in [-0.3, -0.25) is 9.48 Å². The van der Waals surface area contributed by atoms with E-state index in [0.29, 0.717) is 18.9 Å². The van der Waals surface area contributed by atoms with Crippen molar-refractivity contribution < 1.29 is 9.53 Å². The molecule has 0 unspecified atom stereocenters. The zero-order valence-corrected chi connectivity index (χ0v) is 13.4. The van der Waals surface area contributed by atoms with E-state index in [2.05, 4.69) is 10.4 Å². The second-order valence-electron chi connectivity index (χ2n) is 6.38. The molecular formula is C16H23N3O2. The topological polar surface area (TPSA) is 56.1 Å². The van der Waals surface area contributed by atoms with Crippen LogP contribution in [0.5, 0.6) is 5.88 Å². The Morgan fingerprint density at radius 2 is 2.10 bits per heavy atom. The Labute approximate surface area is 125 Å². The van der Waals surface area contributed by atoms with Gasteiger partial charge in [0.2, 0.25) is 11.8 Å². The van der Waals surface area contributed by atoms with E-state index in [1.165, 1.54) is 0 Å². The van der Waals surface area contributed by atoms with Crippen molar-refractivity contribution in [2.24, 2.45) is 12.5 Å². The number of nitrogens with zero attached hydrogens (tertiary/aromatic N) is 2. The molecule has 0 aliphatic rings. The molecule has 5 heteroatoms. The fourth-order valence-corrected chi connectivity index (χ4v) is 2.24. The van der Waals surface area contributed by atoms with E-state index in [1.807, 2.05) is 52.9 Å². The average Bonchev–Trinajstić information content (AvgIpc) is 2.64. The highest BCUT2D eigenvalue weighted by molar-refractivity contribution is 5.95. The van der Waals surface area contributed by atoms with Gasteiger partial charge in [-0.25, -0.2) is 0 Å². The third-order valence-electron chi connectivity index (χ3n) is 3.07. The molecule has 1 amide bonds. The van der Waals surface area contributed by atoms with E-state index in [0.717, 1.165) is 16.6 Å². The number of benzene rings is 1. The van der Waals surface area contributed by atoms with Gasteiger partial charge in [0.25, 0.3) is 0 Å². The van der Waals surface area contributed by atoms with Crippen LogP contribution in [0.25, 0.3) is 10.9 Å². The Morgan fingerprint density at radius 3 is 2.71 bits per heavy atom. The molecule has 5 nitrogen and oxygen atoms in total. The van der Waals surface area contributed by atoms with Gasteiger partial charge >= 0.3 is 0 Å². The van der Waals surface area contributed by atoms with E-state index < -0.39 is 0 Å². The number of nitrogens with one attached hydrogen (secondary N) is 1. The van der Waals surface area contributed by atoms with Gasteiger partial charge in [-0.2, -0.15) is 0 Å². The van der Waals surface area contributed by atoms with Crippen LogP contribution < -0.4 is 10.1 Å². The first-order valence-corrected chi connectivity index (χ1v) is 7.19. The summed E-state index contributed by atoms with van der Waals surface area (Å²) in [5.74, 6) is 0.616. The number of carbonyl (C=O) groups excluding carboxylic acids is 1. The van der Waals surface area contributed by atoms with Gasteiger partial charge in [0.15, 0.2) is 0 Å². The first-order valence-electron chi connectivity index (χ1n) is 7.19. The predicted molar refractivity (Wildman–Crippen MR) is 84.6 cm³/mol. The molecule has 0 aliphatic carbocycles. The van der Waals surface area contributed by atoms with Crippen LogP contribution in [0.15, 0.2) is 18.2 Å². The van der Waals surface area contributed by atoms with E-state index >= 15 is 0 Å². The summed E-state index contributed by atoms with van der Waals surface area (Å²) in [6, 6.07) is 5.74. The highest BCUT2D eigenvalue weighted by Crippen LogP contribution is 2.28. The first kappa shape index (κ1) is 15.4. The maximum atomic E-state index is 12.0. The highest BCUT2D eigenvalue weighted by atomic mass is 16.5. The summed E-state index contributed by atoms with van der Waals surface area (Å²) in [5, 5.41) is 8.19. The SMILES string of the molecule is CCOc1nn(C)c2ccc(NC(=O)CC(C)(C)C)cc12. The maximum Gasteiger partial charge on any atom is 0.240 e. The minimum atomic E-state index is -0.0288. The molecule has 1 heterocycles. The highest BCUT2D eigenvalue weighted by Gasteiger charge is 2.17. The molecular weight excluding hydrogens is 266 g/mol. The monoisotopic (exact) mass is 289 g/mol. The largest absolute Gasteiger partial charge is 0.476 e. The summed E-state index contributed by atoms with van der Waals surface area (Å²) in [7, 11) is 1.88. The number of amides is 1. The molecule has 114 valence electrons. The average molecular weight is 289 g/mol.